The van der Waals surface area contributed by atoms with E-state index in [4.69, 9.17) is 9.26 Å². The number of esters is 1. The van der Waals surface area contributed by atoms with Crippen LogP contribution in [0.4, 0.5) is 0 Å². The van der Waals surface area contributed by atoms with Crippen LogP contribution >= 0.6 is 0 Å². The van der Waals surface area contributed by atoms with Crippen molar-refractivity contribution in [2.75, 3.05) is 13.1 Å². The molecule has 0 bridgehead atoms. The van der Waals surface area contributed by atoms with Gasteiger partial charge < -0.3 is 9.26 Å². The third kappa shape index (κ3) is 5.22. The normalized spacial score (nSPS) is 20.5. The van der Waals surface area contributed by atoms with Crippen molar-refractivity contribution in [1.82, 2.24) is 14.4 Å². The first-order valence-electron chi connectivity index (χ1n) is 9.88. The highest BCUT2D eigenvalue weighted by Gasteiger charge is 2.31. The first-order chi connectivity index (χ1) is 13.8. The molecule has 2 atom stereocenters. The van der Waals surface area contributed by atoms with Gasteiger partial charge in [0.25, 0.3) is 5.89 Å². The summed E-state index contributed by atoms with van der Waals surface area (Å²) in [5.41, 5.74) is 0.262. The molecule has 158 valence electrons. The Hall–Kier alpha value is -2.26. The molecule has 3 rings (SSSR count). The van der Waals surface area contributed by atoms with Gasteiger partial charge in [-0.05, 0) is 48.9 Å². The summed E-state index contributed by atoms with van der Waals surface area (Å²) in [6.45, 7) is 7.03. The molecule has 1 saturated heterocycles. The molecule has 1 aromatic heterocycles. The summed E-state index contributed by atoms with van der Waals surface area (Å²) < 4.78 is 37.6. The molecule has 2 aromatic rings. The Kier molecular flexibility index (Phi) is 6.69. The molecular weight excluding hydrogens is 394 g/mol. The molecule has 2 unspecified atom stereocenters. The van der Waals surface area contributed by atoms with Crippen molar-refractivity contribution in [3.63, 3.8) is 0 Å². The van der Waals surface area contributed by atoms with Crippen molar-refractivity contribution in [2.45, 2.75) is 51.5 Å². The lowest BCUT2D eigenvalue weighted by atomic mass is 9.94. The quantitative estimate of drug-likeness (QED) is 0.633. The number of carbonyl (C=O) groups is 1. The van der Waals surface area contributed by atoms with Crippen LogP contribution in [0, 0.1) is 11.8 Å². The Morgan fingerprint density at radius 1 is 1.21 bits per heavy atom. The van der Waals surface area contributed by atoms with E-state index in [2.05, 4.69) is 24.0 Å². The van der Waals surface area contributed by atoms with Crippen LogP contribution in [0.3, 0.4) is 0 Å². The Morgan fingerprint density at radius 2 is 1.86 bits per heavy atom. The van der Waals surface area contributed by atoms with Crippen molar-refractivity contribution in [1.29, 1.82) is 0 Å². The molecule has 0 saturated carbocycles. The summed E-state index contributed by atoms with van der Waals surface area (Å²) in [6.07, 6.45) is 2.61. The van der Waals surface area contributed by atoms with E-state index in [0.717, 1.165) is 12.8 Å². The number of aryl methyl sites for hydroxylation is 1. The minimum Gasteiger partial charge on any atom is -0.452 e. The van der Waals surface area contributed by atoms with Gasteiger partial charge >= 0.3 is 5.97 Å². The summed E-state index contributed by atoms with van der Waals surface area (Å²) in [5.74, 6) is 0.879. The number of piperidine rings is 1. The van der Waals surface area contributed by atoms with E-state index in [0.29, 0.717) is 37.2 Å². The molecule has 29 heavy (non-hydrogen) atoms. The van der Waals surface area contributed by atoms with E-state index in [1.54, 1.807) is 0 Å². The summed E-state index contributed by atoms with van der Waals surface area (Å²) in [7, 11) is -3.58. The third-order valence-electron chi connectivity index (χ3n) is 4.87. The van der Waals surface area contributed by atoms with Crippen LogP contribution in [-0.4, -0.2) is 41.9 Å². The maximum Gasteiger partial charge on any atom is 0.338 e. The summed E-state index contributed by atoms with van der Waals surface area (Å²) in [5, 5.41) is 3.80. The number of benzene rings is 1. The zero-order valence-corrected chi connectivity index (χ0v) is 17.8. The van der Waals surface area contributed by atoms with E-state index in [9.17, 15) is 13.2 Å². The predicted molar refractivity (Wildman–Crippen MR) is 106 cm³/mol. The molecule has 1 fully saturated rings. The average molecular weight is 422 g/mol. The number of hydrogen-bond acceptors (Lipinski definition) is 7. The van der Waals surface area contributed by atoms with Gasteiger partial charge in [-0.15, -0.1) is 0 Å². The maximum absolute atomic E-state index is 12.9. The molecule has 9 heteroatoms. The van der Waals surface area contributed by atoms with Crippen LogP contribution in [0.25, 0.3) is 0 Å². The van der Waals surface area contributed by atoms with Crippen molar-refractivity contribution in [3.8, 4) is 0 Å². The smallest absolute Gasteiger partial charge is 0.338 e. The van der Waals surface area contributed by atoms with Crippen molar-refractivity contribution >= 4 is 16.0 Å². The Bertz CT molecular complexity index is 929. The highest BCUT2D eigenvalue weighted by Crippen LogP contribution is 2.26. The topological polar surface area (TPSA) is 103 Å². The Labute approximate surface area is 171 Å². The number of rotatable bonds is 7. The van der Waals surface area contributed by atoms with E-state index < -0.39 is 16.0 Å². The minimum atomic E-state index is -3.58. The van der Waals surface area contributed by atoms with Crippen molar-refractivity contribution in [2.24, 2.45) is 11.8 Å². The van der Waals surface area contributed by atoms with Crippen LogP contribution in [-0.2, 0) is 27.8 Å². The van der Waals surface area contributed by atoms with Gasteiger partial charge in [-0.1, -0.05) is 25.9 Å². The number of nitrogens with zero attached hydrogens (tertiary/aromatic N) is 3. The molecule has 0 amide bonds. The fourth-order valence-corrected chi connectivity index (χ4v) is 5.28. The standard InChI is InChI=1S/C20H27N3O5S/c1-4-5-18-21-19(28-22-18)13-27-20(24)16-6-8-17(9-7-16)29(25,26)23-11-14(2)10-15(3)12-23/h6-9,14-15H,4-5,10-13H2,1-3H3. The predicted octanol–water partition coefficient (Wildman–Crippen LogP) is 3.05. The monoisotopic (exact) mass is 421 g/mol. The van der Waals surface area contributed by atoms with Crippen molar-refractivity contribution in [3.05, 3.63) is 41.5 Å². The van der Waals surface area contributed by atoms with Crippen LogP contribution in [0.1, 0.15) is 55.7 Å². The van der Waals surface area contributed by atoms with Crippen LogP contribution in [0.5, 0.6) is 0 Å². The fourth-order valence-electron chi connectivity index (χ4n) is 3.60. The lowest BCUT2D eigenvalue weighted by Crippen LogP contribution is -2.42. The molecule has 8 nitrogen and oxygen atoms in total. The van der Waals surface area contributed by atoms with Crippen LogP contribution in [0.2, 0.25) is 0 Å². The molecule has 0 N–H and O–H groups in total. The molecule has 1 aromatic carbocycles. The van der Waals surface area contributed by atoms with Gasteiger partial charge in [0.05, 0.1) is 10.5 Å². The SMILES string of the molecule is CCCc1noc(COC(=O)c2ccc(S(=O)(=O)N3CC(C)CC(C)C3)cc2)n1. The molecule has 0 spiro atoms. The summed E-state index contributed by atoms with van der Waals surface area (Å²) >= 11 is 0. The largest absolute Gasteiger partial charge is 0.452 e. The van der Waals surface area contributed by atoms with E-state index in [1.807, 2.05) is 6.92 Å². The molecule has 0 radical (unpaired) electrons. The second-order valence-corrected chi connectivity index (χ2v) is 9.66. The zero-order valence-electron chi connectivity index (χ0n) is 17.0. The van der Waals surface area contributed by atoms with Gasteiger partial charge in [-0.3, -0.25) is 0 Å². The average Bonchev–Trinajstić information content (AvgIpc) is 3.13. The first-order valence-corrected chi connectivity index (χ1v) is 11.3. The number of aromatic nitrogens is 2. The summed E-state index contributed by atoms with van der Waals surface area (Å²) in [6, 6.07) is 5.81. The minimum absolute atomic E-state index is 0.126. The number of ether oxygens (including phenoxy) is 1. The van der Waals surface area contributed by atoms with Gasteiger partial charge in [-0.25, -0.2) is 13.2 Å². The Balaban J connectivity index is 1.63. The summed E-state index contributed by atoms with van der Waals surface area (Å²) in [4.78, 5) is 16.5. The van der Waals surface area contributed by atoms with Crippen LogP contribution < -0.4 is 0 Å². The van der Waals surface area contributed by atoms with E-state index in [-0.39, 0.29) is 23.0 Å². The van der Waals surface area contributed by atoms with Gasteiger partial charge in [0.2, 0.25) is 10.0 Å². The highest BCUT2D eigenvalue weighted by molar-refractivity contribution is 7.89. The maximum atomic E-state index is 12.9. The van der Waals surface area contributed by atoms with Gasteiger partial charge in [0.1, 0.15) is 0 Å². The Morgan fingerprint density at radius 3 is 2.48 bits per heavy atom. The molecule has 2 heterocycles. The second kappa shape index (κ2) is 9.04. The lowest BCUT2D eigenvalue weighted by molar-refractivity contribution is 0.0429. The number of carbonyl (C=O) groups excluding carboxylic acids is 1. The van der Waals surface area contributed by atoms with Crippen LogP contribution in [0.15, 0.2) is 33.7 Å². The molecular formula is C20H27N3O5S. The van der Waals surface area contributed by atoms with Gasteiger partial charge in [0.15, 0.2) is 12.4 Å². The van der Waals surface area contributed by atoms with E-state index in [1.165, 1.54) is 28.6 Å². The number of hydrogen-bond donors (Lipinski definition) is 0. The fraction of sp³-hybridized carbons (Fsp3) is 0.550. The molecule has 0 aliphatic carbocycles. The zero-order chi connectivity index (χ0) is 21.0. The third-order valence-corrected chi connectivity index (χ3v) is 6.72. The lowest BCUT2D eigenvalue weighted by Gasteiger charge is -2.34. The second-order valence-electron chi connectivity index (χ2n) is 7.72. The van der Waals surface area contributed by atoms with Gasteiger partial charge in [-0.2, -0.15) is 9.29 Å². The van der Waals surface area contributed by atoms with E-state index >= 15 is 0 Å². The first kappa shape index (κ1) is 21.4. The number of sulfonamides is 1. The highest BCUT2D eigenvalue weighted by atomic mass is 32.2. The molecule has 1 aliphatic heterocycles. The van der Waals surface area contributed by atoms with Gasteiger partial charge in [0, 0.05) is 19.5 Å². The van der Waals surface area contributed by atoms with Crippen molar-refractivity contribution < 1.29 is 22.5 Å². The molecule has 1 aliphatic rings.